The highest BCUT2D eigenvalue weighted by atomic mass is 127. The van der Waals surface area contributed by atoms with Crippen LogP contribution in [0.2, 0.25) is 0 Å². The summed E-state index contributed by atoms with van der Waals surface area (Å²) in [6, 6.07) is 3.73. The van der Waals surface area contributed by atoms with Crippen molar-refractivity contribution in [3.05, 3.63) is 25.6 Å². The van der Waals surface area contributed by atoms with Crippen molar-refractivity contribution < 1.29 is 5.11 Å². The largest absolute Gasteiger partial charge is 0.506 e. The monoisotopic (exact) mass is 479 g/mol. The van der Waals surface area contributed by atoms with Gasteiger partial charge in [-0.3, -0.25) is 0 Å². The van der Waals surface area contributed by atoms with Gasteiger partial charge in [-0.25, -0.2) is 15.0 Å². The number of halogens is 2. The van der Waals surface area contributed by atoms with E-state index in [9.17, 15) is 5.11 Å². The summed E-state index contributed by atoms with van der Waals surface area (Å²) in [7, 11) is 0. The number of aromatic nitrogens is 4. The molecule has 0 aliphatic rings. The van der Waals surface area contributed by atoms with E-state index in [1.807, 2.05) is 12.1 Å². The molecule has 3 aromatic rings. The maximum absolute atomic E-state index is 10.1. The van der Waals surface area contributed by atoms with Crippen molar-refractivity contribution in [2.45, 2.75) is 0 Å². The number of H-pyrrole nitrogens is 1. The minimum Gasteiger partial charge on any atom is -0.506 e. The van der Waals surface area contributed by atoms with E-state index in [1.165, 1.54) is 6.33 Å². The highest BCUT2D eigenvalue weighted by molar-refractivity contribution is 14.1. The Morgan fingerprint density at radius 2 is 2.00 bits per heavy atom. The Morgan fingerprint density at radius 1 is 1.21 bits per heavy atom. The van der Waals surface area contributed by atoms with E-state index in [1.54, 1.807) is 0 Å². The lowest BCUT2D eigenvalue weighted by Crippen LogP contribution is -1.91. The molecule has 4 N–H and O–H groups in total. The molecule has 0 atom stereocenters. The third-order valence-corrected chi connectivity index (χ3v) is 4.05. The van der Waals surface area contributed by atoms with E-state index in [0.29, 0.717) is 28.4 Å². The van der Waals surface area contributed by atoms with Crippen molar-refractivity contribution in [3.8, 4) is 17.1 Å². The van der Waals surface area contributed by atoms with Crippen LogP contribution in [0.5, 0.6) is 5.75 Å². The predicted octanol–water partition coefficient (Wildman–Crippen LogP) is 2.52. The van der Waals surface area contributed by atoms with Crippen LogP contribution in [-0.4, -0.2) is 25.0 Å². The Kier molecular flexibility index (Phi) is 3.20. The number of fused-ring (bicyclic) bond motifs is 1. The minimum atomic E-state index is 0.187. The van der Waals surface area contributed by atoms with Gasteiger partial charge in [0.15, 0.2) is 11.5 Å². The Hall–Kier alpha value is -1.17. The number of aromatic hydroxyl groups is 1. The van der Waals surface area contributed by atoms with Crippen LogP contribution in [0.3, 0.4) is 0 Å². The van der Waals surface area contributed by atoms with Gasteiger partial charge in [-0.1, -0.05) is 0 Å². The lowest BCUT2D eigenvalue weighted by atomic mass is 10.2. The zero-order chi connectivity index (χ0) is 13.6. The lowest BCUT2D eigenvalue weighted by Gasteiger charge is -2.04. The topological polar surface area (TPSA) is 101 Å². The van der Waals surface area contributed by atoms with E-state index in [4.69, 9.17) is 5.73 Å². The average Bonchev–Trinajstić information content (AvgIpc) is 2.79. The molecule has 6 nitrogen and oxygen atoms in total. The second kappa shape index (κ2) is 4.74. The van der Waals surface area contributed by atoms with Gasteiger partial charge in [-0.2, -0.15) is 0 Å². The molecule has 0 aliphatic heterocycles. The maximum Gasteiger partial charge on any atom is 0.183 e. The van der Waals surface area contributed by atoms with Crippen LogP contribution >= 0.6 is 45.2 Å². The third kappa shape index (κ3) is 2.22. The normalized spacial score (nSPS) is 11.1. The number of imidazole rings is 1. The summed E-state index contributed by atoms with van der Waals surface area (Å²) in [5, 5.41) is 10.1. The van der Waals surface area contributed by atoms with Crippen LogP contribution in [0.15, 0.2) is 18.5 Å². The van der Waals surface area contributed by atoms with E-state index in [0.717, 1.165) is 7.14 Å². The fourth-order valence-electron chi connectivity index (χ4n) is 1.72. The molecule has 0 spiro atoms. The molecule has 0 radical (unpaired) electrons. The van der Waals surface area contributed by atoms with Crippen molar-refractivity contribution >= 4 is 62.2 Å². The van der Waals surface area contributed by atoms with Crippen LogP contribution in [0.25, 0.3) is 22.6 Å². The average molecular weight is 479 g/mol. The number of nitrogens with two attached hydrogens (primary N) is 1. The van der Waals surface area contributed by atoms with Crippen molar-refractivity contribution in [3.63, 3.8) is 0 Å². The number of hydrogen-bond donors (Lipinski definition) is 3. The molecule has 0 bridgehead atoms. The number of phenolic OH excluding ortho intramolecular Hbond substituents is 1. The lowest BCUT2D eigenvalue weighted by molar-refractivity contribution is 0.473. The zero-order valence-electron chi connectivity index (χ0n) is 9.35. The molecule has 0 aliphatic carbocycles. The number of nitrogens with zero attached hydrogens (tertiary/aromatic N) is 3. The number of aromatic amines is 1. The molecular formula is C11H7I2N5O. The van der Waals surface area contributed by atoms with Gasteiger partial charge in [0.1, 0.15) is 23.4 Å². The van der Waals surface area contributed by atoms with E-state index in [2.05, 4.69) is 65.1 Å². The van der Waals surface area contributed by atoms with Gasteiger partial charge in [-0.05, 0) is 57.3 Å². The Morgan fingerprint density at radius 3 is 2.74 bits per heavy atom. The van der Waals surface area contributed by atoms with Gasteiger partial charge >= 0.3 is 0 Å². The number of benzene rings is 1. The highest BCUT2D eigenvalue weighted by Crippen LogP contribution is 2.34. The summed E-state index contributed by atoms with van der Waals surface area (Å²) in [4.78, 5) is 15.3. The number of hydrogen-bond acceptors (Lipinski definition) is 5. The van der Waals surface area contributed by atoms with Crippen molar-refractivity contribution in [2.24, 2.45) is 0 Å². The van der Waals surface area contributed by atoms with Gasteiger partial charge < -0.3 is 15.8 Å². The van der Waals surface area contributed by atoms with Gasteiger partial charge in [-0.15, -0.1) is 0 Å². The summed E-state index contributed by atoms with van der Waals surface area (Å²) in [5.74, 6) is 1.05. The molecule has 2 heterocycles. The Balaban J connectivity index is 2.28. The fraction of sp³-hybridized carbons (Fsp3) is 0. The fourth-order valence-corrected chi connectivity index (χ4v) is 3.57. The first-order chi connectivity index (χ1) is 9.06. The van der Waals surface area contributed by atoms with Gasteiger partial charge in [0.2, 0.25) is 0 Å². The SMILES string of the molecule is Nc1ncnc2nc(-c3cc(I)cc(I)c3O)[nH]c12. The smallest absolute Gasteiger partial charge is 0.183 e. The molecule has 3 rings (SSSR count). The number of anilines is 1. The van der Waals surface area contributed by atoms with Crippen LogP contribution in [0, 0.1) is 7.14 Å². The zero-order valence-corrected chi connectivity index (χ0v) is 13.7. The first-order valence-corrected chi connectivity index (χ1v) is 7.36. The van der Waals surface area contributed by atoms with E-state index >= 15 is 0 Å². The molecule has 19 heavy (non-hydrogen) atoms. The number of nitrogens with one attached hydrogen (secondary N) is 1. The second-order valence-corrected chi connectivity index (χ2v) is 6.23. The number of rotatable bonds is 1. The summed E-state index contributed by atoms with van der Waals surface area (Å²) >= 11 is 4.27. The molecule has 0 unspecified atom stereocenters. The van der Waals surface area contributed by atoms with Crippen molar-refractivity contribution in [2.75, 3.05) is 5.73 Å². The van der Waals surface area contributed by atoms with E-state index < -0.39 is 0 Å². The summed E-state index contributed by atoms with van der Waals surface area (Å²) in [6.45, 7) is 0. The highest BCUT2D eigenvalue weighted by Gasteiger charge is 2.15. The van der Waals surface area contributed by atoms with E-state index in [-0.39, 0.29) is 5.75 Å². The molecule has 8 heteroatoms. The minimum absolute atomic E-state index is 0.187. The van der Waals surface area contributed by atoms with Crippen LogP contribution in [0.1, 0.15) is 0 Å². The molecule has 0 amide bonds. The first kappa shape index (κ1) is 12.8. The molecule has 1 aromatic carbocycles. The molecular weight excluding hydrogens is 472 g/mol. The Labute approximate surface area is 135 Å². The van der Waals surface area contributed by atoms with Crippen LogP contribution in [-0.2, 0) is 0 Å². The summed E-state index contributed by atoms with van der Waals surface area (Å²) in [5.41, 5.74) is 7.43. The quantitative estimate of drug-likeness (QED) is 0.466. The third-order valence-electron chi connectivity index (χ3n) is 2.60. The maximum atomic E-state index is 10.1. The number of phenols is 1. The predicted molar refractivity (Wildman–Crippen MR) is 88.6 cm³/mol. The molecule has 96 valence electrons. The molecule has 0 fully saturated rings. The van der Waals surface area contributed by atoms with Gasteiger partial charge in [0.05, 0.1) is 9.13 Å². The number of nitrogen functional groups attached to an aromatic ring is 1. The molecule has 0 saturated heterocycles. The molecule has 0 saturated carbocycles. The first-order valence-electron chi connectivity index (χ1n) is 5.21. The van der Waals surface area contributed by atoms with Crippen LogP contribution in [0.4, 0.5) is 5.82 Å². The molecule has 2 aromatic heterocycles. The standard InChI is InChI=1S/C11H7I2N5O/c12-4-1-5(8(19)6(13)2-4)10-17-7-9(14)15-3-16-11(7)18-10/h1-3,19H,(H3,14,15,16,17,18). The van der Waals surface area contributed by atoms with Gasteiger partial charge in [0.25, 0.3) is 0 Å². The van der Waals surface area contributed by atoms with Gasteiger partial charge in [0, 0.05) is 3.57 Å². The van der Waals surface area contributed by atoms with Crippen molar-refractivity contribution in [1.29, 1.82) is 0 Å². The van der Waals surface area contributed by atoms with Crippen molar-refractivity contribution in [1.82, 2.24) is 19.9 Å². The summed E-state index contributed by atoms with van der Waals surface area (Å²) < 4.78 is 1.77. The van der Waals surface area contributed by atoms with Crippen LogP contribution < -0.4 is 5.73 Å². The summed E-state index contributed by atoms with van der Waals surface area (Å²) in [6.07, 6.45) is 1.36. The second-order valence-electron chi connectivity index (χ2n) is 3.83. The Bertz CT molecular complexity index is 786.